The standard InChI is InChI=1S/C9H15N3S/c1-7-4-5-8(13-7)6-12(3)9(10)11-2/h4-5H,6H2,1-3H3,(H2,10,11). The summed E-state index contributed by atoms with van der Waals surface area (Å²) in [6.07, 6.45) is 0. The third-order valence-corrected chi connectivity index (χ3v) is 2.79. The summed E-state index contributed by atoms with van der Waals surface area (Å²) in [6, 6.07) is 4.24. The molecule has 2 N–H and O–H groups in total. The number of aliphatic imine (C=N–C) groups is 1. The van der Waals surface area contributed by atoms with E-state index >= 15 is 0 Å². The Morgan fingerprint density at radius 3 is 2.77 bits per heavy atom. The van der Waals surface area contributed by atoms with Gasteiger partial charge in [0, 0.05) is 23.8 Å². The molecule has 1 aromatic heterocycles. The second kappa shape index (κ2) is 4.28. The van der Waals surface area contributed by atoms with Gasteiger partial charge in [0.15, 0.2) is 5.96 Å². The summed E-state index contributed by atoms with van der Waals surface area (Å²) in [4.78, 5) is 8.49. The normalized spacial score (nSPS) is 11.8. The van der Waals surface area contributed by atoms with E-state index in [9.17, 15) is 0 Å². The van der Waals surface area contributed by atoms with Gasteiger partial charge in [0.1, 0.15) is 0 Å². The van der Waals surface area contributed by atoms with E-state index in [4.69, 9.17) is 5.73 Å². The average molecular weight is 197 g/mol. The first-order valence-electron chi connectivity index (χ1n) is 4.12. The minimum Gasteiger partial charge on any atom is -0.370 e. The molecule has 1 heterocycles. The Balaban J connectivity index is 2.59. The van der Waals surface area contributed by atoms with Crippen molar-refractivity contribution in [2.24, 2.45) is 10.7 Å². The lowest BCUT2D eigenvalue weighted by atomic mass is 10.4. The summed E-state index contributed by atoms with van der Waals surface area (Å²) < 4.78 is 0. The first kappa shape index (κ1) is 10.1. The van der Waals surface area contributed by atoms with Gasteiger partial charge in [-0.2, -0.15) is 0 Å². The van der Waals surface area contributed by atoms with Crippen molar-refractivity contribution < 1.29 is 0 Å². The zero-order chi connectivity index (χ0) is 9.84. The molecule has 1 aromatic rings. The highest BCUT2D eigenvalue weighted by Crippen LogP contribution is 2.16. The van der Waals surface area contributed by atoms with Crippen LogP contribution in [0.5, 0.6) is 0 Å². The quantitative estimate of drug-likeness (QED) is 0.575. The predicted octanol–water partition coefficient (Wildman–Crippen LogP) is 1.43. The van der Waals surface area contributed by atoms with E-state index in [1.807, 2.05) is 11.9 Å². The smallest absolute Gasteiger partial charge is 0.191 e. The van der Waals surface area contributed by atoms with Crippen LogP contribution in [0.25, 0.3) is 0 Å². The maximum Gasteiger partial charge on any atom is 0.191 e. The van der Waals surface area contributed by atoms with Gasteiger partial charge < -0.3 is 10.6 Å². The van der Waals surface area contributed by atoms with Crippen molar-refractivity contribution in [1.82, 2.24) is 4.90 Å². The average Bonchev–Trinajstić information content (AvgIpc) is 2.49. The van der Waals surface area contributed by atoms with E-state index in [1.165, 1.54) is 9.75 Å². The van der Waals surface area contributed by atoms with Crippen LogP contribution in [-0.4, -0.2) is 25.0 Å². The molecule has 0 fully saturated rings. The molecule has 0 bridgehead atoms. The summed E-state index contributed by atoms with van der Waals surface area (Å²) in [7, 11) is 3.64. The van der Waals surface area contributed by atoms with Crippen molar-refractivity contribution in [3.05, 3.63) is 21.9 Å². The van der Waals surface area contributed by atoms with Gasteiger partial charge in [-0.3, -0.25) is 4.99 Å². The molecule has 0 saturated carbocycles. The minimum atomic E-state index is 0.575. The van der Waals surface area contributed by atoms with Crippen molar-refractivity contribution in [2.75, 3.05) is 14.1 Å². The Labute approximate surface area is 82.9 Å². The molecule has 3 nitrogen and oxygen atoms in total. The lowest BCUT2D eigenvalue weighted by Gasteiger charge is -2.16. The first-order valence-corrected chi connectivity index (χ1v) is 4.94. The van der Waals surface area contributed by atoms with E-state index in [0.717, 1.165) is 6.54 Å². The van der Waals surface area contributed by atoms with Gasteiger partial charge in [-0.05, 0) is 19.1 Å². The molecule has 13 heavy (non-hydrogen) atoms. The van der Waals surface area contributed by atoms with Crippen molar-refractivity contribution >= 4 is 17.3 Å². The lowest BCUT2D eigenvalue weighted by molar-refractivity contribution is 0.499. The molecule has 0 aliphatic heterocycles. The molecule has 0 spiro atoms. The summed E-state index contributed by atoms with van der Waals surface area (Å²) in [6.45, 7) is 2.94. The molecule has 0 amide bonds. The molecule has 0 aromatic carbocycles. The predicted molar refractivity (Wildman–Crippen MR) is 58.1 cm³/mol. The van der Waals surface area contributed by atoms with Gasteiger partial charge in [0.25, 0.3) is 0 Å². The van der Waals surface area contributed by atoms with Crippen molar-refractivity contribution in [1.29, 1.82) is 0 Å². The summed E-state index contributed by atoms with van der Waals surface area (Å²) in [5.74, 6) is 0.575. The number of guanidine groups is 1. The Morgan fingerprint density at radius 1 is 1.62 bits per heavy atom. The van der Waals surface area contributed by atoms with Crippen molar-refractivity contribution in [3.63, 3.8) is 0 Å². The van der Waals surface area contributed by atoms with E-state index in [0.29, 0.717) is 5.96 Å². The zero-order valence-electron chi connectivity index (χ0n) is 8.24. The lowest BCUT2D eigenvalue weighted by Crippen LogP contribution is -2.32. The number of thiophene rings is 1. The highest BCUT2D eigenvalue weighted by molar-refractivity contribution is 7.11. The Hall–Kier alpha value is -1.03. The Kier molecular flexibility index (Phi) is 3.31. The number of aryl methyl sites for hydroxylation is 1. The fourth-order valence-electron chi connectivity index (χ4n) is 1.06. The maximum atomic E-state index is 5.65. The van der Waals surface area contributed by atoms with Gasteiger partial charge in [-0.15, -0.1) is 11.3 Å². The monoisotopic (exact) mass is 197 g/mol. The summed E-state index contributed by atoms with van der Waals surface area (Å²) in [5.41, 5.74) is 5.65. The van der Waals surface area contributed by atoms with Crippen LogP contribution in [0.1, 0.15) is 9.75 Å². The number of nitrogens with two attached hydrogens (primary N) is 1. The van der Waals surface area contributed by atoms with Crippen LogP contribution in [0.2, 0.25) is 0 Å². The summed E-state index contributed by atoms with van der Waals surface area (Å²) >= 11 is 1.79. The van der Waals surface area contributed by atoms with Crippen LogP contribution in [0.4, 0.5) is 0 Å². The SMILES string of the molecule is CN=C(N)N(C)Cc1ccc(C)s1. The molecule has 4 heteroatoms. The third kappa shape index (κ3) is 2.73. The van der Waals surface area contributed by atoms with Crippen LogP contribution in [0.15, 0.2) is 17.1 Å². The van der Waals surface area contributed by atoms with Crippen LogP contribution >= 0.6 is 11.3 Å². The topological polar surface area (TPSA) is 41.6 Å². The Bertz CT molecular complexity index is 304. The maximum absolute atomic E-state index is 5.65. The fraction of sp³-hybridized carbons (Fsp3) is 0.444. The molecule has 0 atom stereocenters. The Morgan fingerprint density at radius 2 is 2.31 bits per heavy atom. The van der Waals surface area contributed by atoms with E-state index in [2.05, 4.69) is 24.0 Å². The molecule has 0 unspecified atom stereocenters. The first-order chi connectivity index (χ1) is 6.13. The van der Waals surface area contributed by atoms with Gasteiger partial charge in [-0.25, -0.2) is 0 Å². The van der Waals surface area contributed by atoms with Gasteiger partial charge >= 0.3 is 0 Å². The third-order valence-electron chi connectivity index (χ3n) is 1.81. The molecule has 0 radical (unpaired) electrons. The molecular weight excluding hydrogens is 182 g/mol. The van der Waals surface area contributed by atoms with Crippen LogP contribution in [0.3, 0.4) is 0 Å². The number of nitrogens with zero attached hydrogens (tertiary/aromatic N) is 2. The van der Waals surface area contributed by atoms with Gasteiger partial charge in [-0.1, -0.05) is 0 Å². The molecule has 1 rings (SSSR count). The molecule has 0 aliphatic rings. The molecule has 72 valence electrons. The van der Waals surface area contributed by atoms with Gasteiger partial charge in [0.05, 0.1) is 6.54 Å². The molecule has 0 saturated heterocycles. The van der Waals surface area contributed by atoms with E-state index < -0.39 is 0 Å². The summed E-state index contributed by atoms with van der Waals surface area (Å²) in [5, 5.41) is 0. The van der Waals surface area contributed by atoms with Crippen LogP contribution in [-0.2, 0) is 6.54 Å². The molecule has 0 aliphatic carbocycles. The van der Waals surface area contributed by atoms with Crippen molar-refractivity contribution in [3.8, 4) is 0 Å². The number of hydrogen-bond acceptors (Lipinski definition) is 2. The number of rotatable bonds is 2. The second-order valence-corrected chi connectivity index (χ2v) is 4.32. The highest BCUT2D eigenvalue weighted by Gasteiger charge is 2.03. The molecular formula is C9H15N3S. The van der Waals surface area contributed by atoms with E-state index in [1.54, 1.807) is 18.4 Å². The minimum absolute atomic E-state index is 0.575. The highest BCUT2D eigenvalue weighted by atomic mass is 32.1. The largest absolute Gasteiger partial charge is 0.370 e. The van der Waals surface area contributed by atoms with Gasteiger partial charge in [0.2, 0.25) is 0 Å². The second-order valence-electron chi connectivity index (χ2n) is 2.95. The fourth-order valence-corrected chi connectivity index (χ4v) is 2.00. The zero-order valence-corrected chi connectivity index (χ0v) is 9.06. The van der Waals surface area contributed by atoms with E-state index in [-0.39, 0.29) is 0 Å². The number of hydrogen-bond donors (Lipinski definition) is 1. The van der Waals surface area contributed by atoms with Crippen LogP contribution < -0.4 is 5.73 Å². The van der Waals surface area contributed by atoms with Crippen LogP contribution in [0, 0.1) is 6.92 Å². The van der Waals surface area contributed by atoms with Crippen molar-refractivity contribution in [2.45, 2.75) is 13.5 Å².